The minimum absolute atomic E-state index is 0.00403. The van der Waals surface area contributed by atoms with E-state index in [1.165, 1.54) is 6.92 Å². The summed E-state index contributed by atoms with van der Waals surface area (Å²) in [6.45, 7) is 3.14. The van der Waals surface area contributed by atoms with E-state index in [4.69, 9.17) is 11.6 Å². The van der Waals surface area contributed by atoms with Gasteiger partial charge in [-0.15, -0.1) is 0 Å². The van der Waals surface area contributed by atoms with Crippen LogP contribution in [0.15, 0.2) is 0 Å². The minimum atomic E-state index is 0.00403. The standard InChI is InChI=1S/C8H11ClN4OS/c1-5(14)10-6-2-3-13(4-6)8-7(9)11-15-12-8/h6H,2-4H2,1H3,(H,10,14). The van der Waals surface area contributed by atoms with Crippen molar-refractivity contribution in [1.82, 2.24) is 14.1 Å². The zero-order valence-corrected chi connectivity index (χ0v) is 9.81. The number of carbonyl (C=O) groups is 1. The zero-order chi connectivity index (χ0) is 10.8. The first-order valence-corrected chi connectivity index (χ1v) is 5.77. The van der Waals surface area contributed by atoms with Gasteiger partial charge in [0.1, 0.15) is 0 Å². The van der Waals surface area contributed by atoms with Gasteiger partial charge in [0.25, 0.3) is 0 Å². The number of nitrogens with zero attached hydrogens (tertiary/aromatic N) is 3. The summed E-state index contributed by atoms with van der Waals surface area (Å²) in [4.78, 5) is 12.9. The third-order valence-corrected chi connectivity index (χ3v) is 3.20. The normalized spacial score (nSPS) is 20.7. The summed E-state index contributed by atoms with van der Waals surface area (Å²) in [5.74, 6) is 0.735. The van der Waals surface area contributed by atoms with E-state index in [0.717, 1.165) is 37.1 Å². The van der Waals surface area contributed by atoms with Gasteiger partial charge in [-0.1, -0.05) is 11.6 Å². The van der Waals surface area contributed by atoms with Crippen LogP contribution in [-0.4, -0.2) is 33.8 Å². The Morgan fingerprint density at radius 3 is 3.07 bits per heavy atom. The summed E-state index contributed by atoms with van der Waals surface area (Å²) in [5.41, 5.74) is 0. The van der Waals surface area contributed by atoms with Gasteiger partial charge in [0.15, 0.2) is 11.0 Å². The molecule has 15 heavy (non-hydrogen) atoms. The SMILES string of the molecule is CC(=O)NC1CCN(c2nsnc2Cl)C1. The van der Waals surface area contributed by atoms with E-state index in [9.17, 15) is 4.79 Å². The molecule has 0 aromatic carbocycles. The van der Waals surface area contributed by atoms with Gasteiger partial charge in [0, 0.05) is 26.1 Å². The lowest BCUT2D eigenvalue weighted by molar-refractivity contribution is -0.119. The smallest absolute Gasteiger partial charge is 0.217 e. The summed E-state index contributed by atoms with van der Waals surface area (Å²) in [6, 6.07) is 0.195. The van der Waals surface area contributed by atoms with Crippen LogP contribution in [0.4, 0.5) is 5.82 Å². The number of hydrogen-bond donors (Lipinski definition) is 1. The molecule has 7 heteroatoms. The average molecular weight is 247 g/mol. The molecule has 1 amide bonds. The Morgan fingerprint density at radius 2 is 2.47 bits per heavy atom. The van der Waals surface area contributed by atoms with Gasteiger partial charge in [-0.05, 0) is 6.42 Å². The van der Waals surface area contributed by atoms with Crippen molar-refractivity contribution < 1.29 is 4.79 Å². The Hall–Kier alpha value is -0.880. The molecule has 1 unspecified atom stereocenters. The van der Waals surface area contributed by atoms with E-state index in [-0.39, 0.29) is 11.9 Å². The molecule has 1 N–H and O–H groups in total. The number of carbonyl (C=O) groups excluding carboxylic acids is 1. The molecule has 2 heterocycles. The highest BCUT2D eigenvalue weighted by atomic mass is 35.5. The number of hydrogen-bond acceptors (Lipinski definition) is 5. The van der Waals surface area contributed by atoms with Gasteiger partial charge in [0.2, 0.25) is 5.91 Å². The molecule has 0 saturated carbocycles. The third kappa shape index (κ3) is 2.38. The number of anilines is 1. The predicted molar refractivity (Wildman–Crippen MR) is 59.4 cm³/mol. The molecule has 1 aromatic heterocycles. The van der Waals surface area contributed by atoms with E-state index >= 15 is 0 Å². The molecule has 2 rings (SSSR count). The third-order valence-electron chi connectivity index (χ3n) is 2.33. The average Bonchev–Trinajstić information content (AvgIpc) is 2.72. The Morgan fingerprint density at radius 1 is 1.67 bits per heavy atom. The molecule has 1 aromatic rings. The number of halogens is 1. The molecule has 0 bridgehead atoms. The van der Waals surface area contributed by atoms with Crippen molar-refractivity contribution in [2.45, 2.75) is 19.4 Å². The Balaban J connectivity index is 1.98. The Bertz CT molecular complexity index is 369. The molecule has 0 radical (unpaired) electrons. The second-order valence-electron chi connectivity index (χ2n) is 3.51. The van der Waals surface area contributed by atoms with Crippen molar-refractivity contribution >= 4 is 35.1 Å². The van der Waals surface area contributed by atoms with E-state index < -0.39 is 0 Å². The fraction of sp³-hybridized carbons (Fsp3) is 0.625. The van der Waals surface area contributed by atoms with Crippen molar-refractivity contribution in [3.8, 4) is 0 Å². The van der Waals surface area contributed by atoms with E-state index in [0.29, 0.717) is 5.15 Å². The highest BCUT2D eigenvalue weighted by Crippen LogP contribution is 2.26. The maximum Gasteiger partial charge on any atom is 0.217 e. The quantitative estimate of drug-likeness (QED) is 0.843. The van der Waals surface area contributed by atoms with Crippen molar-refractivity contribution in [3.63, 3.8) is 0 Å². The molecule has 1 saturated heterocycles. The molecule has 1 atom stereocenters. The lowest BCUT2D eigenvalue weighted by Gasteiger charge is -2.15. The molecular formula is C8H11ClN4OS. The Kier molecular flexibility index (Phi) is 3.06. The van der Waals surface area contributed by atoms with Crippen LogP contribution < -0.4 is 10.2 Å². The fourth-order valence-corrected chi connectivity index (χ4v) is 2.50. The van der Waals surface area contributed by atoms with Gasteiger partial charge < -0.3 is 10.2 Å². The molecular weight excluding hydrogens is 236 g/mol. The van der Waals surface area contributed by atoms with Crippen LogP contribution in [0, 0.1) is 0 Å². The maximum absolute atomic E-state index is 10.9. The highest BCUT2D eigenvalue weighted by Gasteiger charge is 2.26. The van der Waals surface area contributed by atoms with Gasteiger partial charge >= 0.3 is 0 Å². The first-order valence-electron chi connectivity index (χ1n) is 4.67. The first-order chi connectivity index (χ1) is 7.16. The lowest BCUT2D eigenvalue weighted by atomic mass is 10.3. The molecule has 1 fully saturated rings. The van der Waals surface area contributed by atoms with Crippen LogP contribution >= 0.6 is 23.3 Å². The number of aromatic nitrogens is 2. The largest absolute Gasteiger partial charge is 0.352 e. The zero-order valence-electron chi connectivity index (χ0n) is 8.23. The monoisotopic (exact) mass is 246 g/mol. The van der Waals surface area contributed by atoms with Crippen LogP contribution in [0.25, 0.3) is 0 Å². The van der Waals surface area contributed by atoms with Crippen LogP contribution in [0.2, 0.25) is 5.15 Å². The topological polar surface area (TPSA) is 58.1 Å². The van der Waals surface area contributed by atoms with E-state index in [1.54, 1.807) is 0 Å². The molecule has 5 nitrogen and oxygen atoms in total. The highest BCUT2D eigenvalue weighted by molar-refractivity contribution is 6.99. The first kappa shape index (κ1) is 10.6. The number of amides is 1. The summed E-state index contributed by atoms with van der Waals surface area (Å²) in [6.07, 6.45) is 0.924. The summed E-state index contributed by atoms with van der Waals surface area (Å²) >= 11 is 6.99. The molecule has 82 valence electrons. The van der Waals surface area contributed by atoms with Crippen molar-refractivity contribution in [2.24, 2.45) is 0 Å². The van der Waals surface area contributed by atoms with Gasteiger partial charge in [-0.2, -0.15) is 8.75 Å². The minimum Gasteiger partial charge on any atom is -0.352 e. The second kappa shape index (κ2) is 4.32. The van der Waals surface area contributed by atoms with Crippen LogP contribution in [0.3, 0.4) is 0 Å². The van der Waals surface area contributed by atoms with Gasteiger partial charge in [-0.25, -0.2) is 0 Å². The van der Waals surface area contributed by atoms with Crippen LogP contribution in [0.1, 0.15) is 13.3 Å². The summed E-state index contributed by atoms with van der Waals surface area (Å²) in [5, 5.41) is 3.33. The maximum atomic E-state index is 10.9. The number of nitrogens with one attached hydrogen (secondary N) is 1. The van der Waals surface area contributed by atoms with Crippen molar-refractivity contribution in [2.75, 3.05) is 18.0 Å². The molecule has 0 spiro atoms. The Labute approximate surface area is 96.8 Å². The summed E-state index contributed by atoms with van der Waals surface area (Å²) in [7, 11) is 0. The van der Waals surface area contributed by atoms with Crippen molar-refractivity contribution in [3.05, 3.63) is 5.15 Å². The van der Waals surface area contributed by atoms with E-state index in [2.05, 4.69) is 14.1 Å². The van der Waals surface area contributed by atoms with Gasteiger partial charge in [-0.3, -0.25) is 4.79 Å². The fourth-order valence-electron chi connectivity index (χ4n) is 1.72. The van der Waals surface area contributed by atoms with E-state index in [1.807, 2.05) is 4.90 Å². The second-order valence-corrected chi connectivity index (χ2v) is 4.40. The lowest BCUT2D eigenvalue weighted by Crippen LogP contribution is -2.35. The molecule has 1 aliphatic heterocycles. The predicted octanol–water partition coefficient (Wildman–Crippen LogP) is 0.906. The molecule has 1 aliphatic rings. The van der Waals surface area contributed by atoms with Gasteiger partial charge in [0.05, 0.1) is 11.7 Å². The van der Waals surface area contributed by atoms with Crippen LogP contribution in [-0.2, 0) is 4.79 Å². The number of rotatable bonds is 2. The van der Waals surface area contributed by atoms with Crippen molar-refractivity contribution in [1.29, 1.82) is 0 Å². The molecule has 0 aliphatic carbocycles. The summed E-state index contributed by atoms with van der Waals surface area (Å²) < 4.78 is 8.04. The van der Waals surface area contributed by atoms with Crippen LogP contribution in [0.5, 0.6) is 0 Å².